The van der Waals surface area contributed by atoms with Crippen LogP contribution in [0, 0.1) is 0 Å². The van der Waals surface area contributed by atoms with Crippen LogP contribution in [0.5, 0.6) is 5.75 Å². The Kier molecular flexibility index (Phi) is 5.43. The summed E-state index contributed by atoms with van der Waals surface area (Å²) in [7, 11) is 0. The van der Waals surface area contributed by atoms with Gasteiger partial charge in [0.1, 0.15) is 5.75 Å². The zero-order chi connectivity index (χ0) is 14.5. The van der Waals surface area contributed by atoms with Gasteiger partial charge in [0.15, 0.2) is 0 Å². The summed E-state index contributed by atoms with van der Waals surface area (Å²) >= 11 is 9.36. The van der Waals surface area contributed by atoms with Gasteiger partial charge < -0.3 is 15.5 Å². The van der Waals surface area contributed by atoms with Gasteiger partial charge in [0, 0.05) is 17.6 Å². The van der Waals surface area contributed by atoms with E-state index in [1.165, 1.54) is 0 Å². The molecule has 2 aromatic rings. The maximum Gasteiger partial charge on any atom is 0.134 e. The molecule has 1 atom stereocenters. The predicted octanol–water partition coefficient (Wildman–Crippen LogP) is 3.63. The van der Waals surface area contributed by atoms with Gasteiger partial charge in [0.25, 0.3) is 0 Å². The topological polar surface area (TPSA) is 52.5 Å². The van der Waals surface area contributed by atoms with Crippen LogP contribution in [0.25, 0.3) is 0 Å². The van der Waals surface area contributed by atoms with Gasteiger partial charge in [-0.05, 0) is 29.3 Å². The van der Waals surface area contributed by atoms with Crippen LogP contribution in [-0.4, -0.2) is 16.8 Å². The molecular formula is C15H15BrClNO2. The van der Waals surface area contributed by atoms with E-state index in [1.54, 1.807) is 12.1 Å². The zero-order valence-corrected chi connectivity index (χ0v) is 13.0. The number of halogens is 2. The number of aliphatic hydroxyl groups excluding tert-OH is 1. The molecule has 0 aliphatic rings. The van der Waals surface area contributed by atoms with Gasteiger partial charge >= 0.3 is 0 Å². The molecule has 0 aromatic heterocycles. The Balaban J connectivity index is 1.91. The lowest BCUT2D eigenvalue weighted by atomic mass is 10.1. The van der Waals surface area contributed by atoms with Gasteiger partial charge in [-0.25, -0.2) is 0 Å². The molecule has 0 saturated carbocycles. The van der Waals surface area contributed by atoms with E-state index in [2.05, 4.69) is 21.2 Å². The molecule has 0 fully saturated rings. The normalized spacial score (nSPS) is 12.3. The third-order valence-electron chi connectivity index (χ3n) is 2.94. The van der Waals surface area contributed by atoms with Crippen LogP contribution < -0.4 is 5.32 Å². The van der Waals surface area contributed by atoms with Gasteiger partial charge in [-0.15, -0.1) is 0 Å². The van der Waals surface area contributed by atoms with Gasteiger partial charge in [0.2, 0.25) is 0 Å². The molecule has 0 aliphatic carbocycles. The number of phenolic OH excluding ortho intramolecular Hbond substituents is 1. The number of hydrogen-bond donors (Lipinski definition) is 3. The van der Waals surface area contributed by atoms with Crippen LogP contribution in [0.4, 0.5) is 0 Å². The quantitative estimate of drug-likeness (QED) is 0.767. The number of hydrogen-bond acceptors (Lipinski definition) is 3. The number of benzene rings is 2. The SMILES string of the molecule is Oc1cccc(CNC[C@H](O)c2cccc(Br)c2)c1Cl. The molecule has 0 saturated heterocycles. The molecule has 106 valence electrons. The summed E-state index contributed by atoms with van der Waals surface area (Å²) in [5, 5.41) is 23.1. The largest absolute Gasteiger partial charge is 0.506 e. The first-order valence-electron chi connectivity index (χ1n) is 6.18. The number of aliphatic hydroxyl groups is 1. The van der Waals surface area contributed by atoms with E-state index in [1.807, 2.05) is 30.3 Å². The minimum atomic E-state index is -0.594. The van der Waals surface area contributed by atoms with Crippen molar-refractivity contribution in [2.24, 2.45) is 0 Å². The molecule has 2 aromatic carbocycles. The van der Waals surface area contributed by atoms with Crippen molar-refractivity contribution in [3.63, 3.8) is 0 Å². The van der Waals surface area contributed by atoms with Crippen LogP contribution in [-0.2, 0) is 6.54 Å². The lowest BCUT2D eigenvalue weighted by Crippen LogP contribution is -2.21. The molecule has 20 heavy (non-hydrogen) atoms. The van der Waals surface area contributed by atoms with Crippen LogP contribution in [0.3, 0.4) is 0 Å². The number of rotatable bonds is 5. The third kappa shape index (κ3) is 3.96. The first-order valence-corrected chi connectivity index (χ1v) is 7.35. The monoisotopic (exact) mass is 355 g/mol. The van der Waals surface area contributed by atoms with E-state index < -0.39 is 6.10 Å². The molecule has 0 radical (unpaired) electrons. The first kappa shape index (κ1) is 15.3. The Bertz CT molecular complexity index is 592. The van der Waals surface area contributed by atoms with E-state index in [9.17, 15) is 10.2 Å². The van der Waals surface area contributed by atoms with Crippen molar-refractivity contribution in [1.29, 1.82) is 0 Å². The lowest BCUT2D eigenvalue weighted by Gasteiger charge is -2.13. The van der Waals surface area contributed by atoms with Crippen molar-refractivity contribution < 1.29 is 10.2 Å². The molecule has 0 amide bonds. The van der Waals surface area contributed by atoms with Crippen molar-refractivity contribution in [3.8, 4) is 5.75 Å². The molecule has 0 unspecified atom stereocenters. The highest BCUT2D eigenvalue weighted by molar-refractivity contribution is 9.10. The maximum absolute atomic E-state index is 10.1. The predicted molar refractivity (Wildman–Crippen MR) is 83.9 cm³/mol. The van der Waals surface area contributed by atoms with Crippen LogP contribution in [0.1, 0.15) is 17.2 Å². The van der Waals surface area contributed by atoms with Crippen molar-refractivity contribution in [1.82, 2.24) is 5.32 Å². The zero-order valence-electron chi connectivity index (χ0n) is 10.7. The average molecular weight is 357 g/mol. The first-order chi connectivity index (χ1) is 9.58. The summed E-state index contributed by atoms with van der Waals surface area (Å²) in [6.07, 6.45) is -0.594. The molecular weight excluding hydrogens is 342 g/mol. The molecule has 0 spiro atoms. The second-order valence-electron chi connectivity index (χ2n) is 4.45. The summed E-state index contributed by atoms with van der Waals surface area (Å²) in [6.45, 7) is 0.890. The molecule has 3 N–H and O–H groups in total. The number of phenols is 1. The van der Waals surface area contributed by atoms with Crippen molar-refractivity contribution >= 4 is 27.5 Å². The molecule has 3 nitrogen and oxygen atoms in total. The Morgan fingerprint density at radius 2 is 1.95 bits per heavy atom. The van der Waals surface area contributed by atoms with Crippen molar-refractivity contribution in [3.05, 3.63) is 63.1 Å². The van der Waals surface area contributed by atoms with E-state index in [0.717, 1.165) is 15.6 Å². The molecule has 0 heterocycles. The summed E-state index contributed by atoms with van der Waals surface area (Å²) in [4.78, 5) is 0. The van der Waals surface area contributed by atoms with E-state index in [0.29, 0.717) is 18.1 Å². The Morgan fingerprint density at radius 1 is 1.20 bits per heavy atom. The third-order valence-corrected chi connectivity index (χ3v) is 3.87. The minimum absolute atomic E-state index is 0.0681. The number of nitrogens with one attached hydrogen (secondary N) is 1. The minimum Gasteiger partial charge on any atom is -0.506 e. The molecule has 5 heteroatoms. The fourth-order valence-electron chi connectivity index (χ4n) is 1.88. The summed E-state index contributed by atoms with van der Waals surface area (Å²) in [6, 6.07) is 12.7. The van der Waals surface area contributed by atoms with E-state index in [4.69, 9.17) is 11.6 Å². The summed E-state index contributed by atoms with van der Waals surface area (Å²) < 4.78 is 0.935. The van der Waals surface area contributed by atoms with Crippen molar-refractivity contribution in [2.45, 2.75) is 12.6 Å². The van der Waals surface area contributed by atoms with Gasteiger partial charge in [-0.3, -0.25) is 0 Å². The van der Waals surface area contributed by atoms with Gasteiger partial charge in [-0.2, -0.15) is 0 Å². The second-order valence-corrected chi connectivity index (χ2v) is 5.75. The van der Waals surface area contributed by atoms with Gasteiger partial charge in [0.05, 0.1) is 11.1 Å². The van der Waals surface area contributed by atoms with Crippen molar-refractivity contribution in [2.75, 3.05) is 6.54 Å². The number of aromatic hydroxyl groups is 1. The summed E-state index contributed by atoms with van der Waals surface area (Å²) in [5.41, 5.74) is 1.64. The molecule has 2 rings (SSSR count). The van der Waals surface area contributed by atoms with Crippen LogP contribution >= 0.6 is 27.5 Å². The molecule has 0 aliphatic heterocycles. The highest BCUT2D eigenvalue weighted by atomic mass is 79.9. The summed E-state index contributed by atoms with van der Waals surface area (Å²) in [5.74, 6) is 0.0681. The average Bonchev–Trinajstić information content (AvgIpc) is 2.43. The fourth-order valence-corrected chi connectivity index (χ4v) is 2.49. The highest BCUT2D eigenvalue weighted by Crippen LogP contribution is 2.26. The fraction of sp³-hybridized carbons (Fsp3) is 0.200. The maximum atomic E-state index is 10.1. The Morgan fingerprint density at radius 3 is 2.70 bits per heavy atom. The van der Waals surface area contributed by atoms with Crippen LogP contribution in [0.15, 0.2) is 46.9 Å². The second kappa shape index (κ2) is 7.09. The molecule has 0 bridgehead atoms. The van der Waals surface area contributed by atoms with E-state index >= 15 is 0 Å². The Labute approximate surface area is 131 Å². The highest BCUT2D eigenvalue weighted by Gasteiger charge is 2.09. The standard InChI is InChI=1S/C15H15BrClNO2/c16-12-5-1-3-10(7-12)14(20)9-18-8-11-4-2-6-13(19)15(11)17/h1-7,14,18-20H,8-9H2/t14-/m0/s1. The lowest BCUT2D eigenvalue weighted by molar-refractivity contribution is 0.174. The Hall–Kier alpha value is -1.07. The smallest absolute Gasteiger partial charge is 0.134 e. The van der Waals surface area contributed by atoms with E-state index in [-0.39, 0.29) is 5.75 Å². The van der Waals surface area contributed by atoms with Gasteiger partial charge in [-0.1, -0.05) is 51.8 Å². The van der Waals surface area contributed by atoms with Crippen LogP contribution in [0.2, 0.25) is 5.02 Å².